The monoisotopic (exact) mass is 558 g/mol. The molecule has 0 aliphatic heterocycles. The Balaban J connectivity index is 1.08. The molecule has 0 radical (unpaired) electrons. The number of nitrogens with zero attached hydrogens (tertiary/aromatic N) is 3. The summed E-state index contributed by atoms with van der Waals surface area (Å²) in [6, 6.07) is 45.4. The standard InChI is InChI=1S/C38H30N4O/c1-27-15-22-36(30-10-3-2-4-11-30)42(27)34-20-18-31(19-21-34)38(43)40-39-24-33-26-41(37-14-8-7-13-35(33)37)25-28-16-17-29-9-5-6-12-32(29)23-28/h2-24,26H,25H2,1H3,(H,40,43)/b39-24+. The Morgan fingerprint density at radius 1 is 0.767 bits per heavy atom. The maximum Gasteiger partial charge on any atom is 0.271 e. The first kappa shape index (κ1) is 26.2. The zero-order chi connectivity index (χ0) is 29.2. The number of hydrogen-bond donors (Lipinski definition) is 1. The molecule has 0 fully saturated rings. The van der Waals surface area contributed by atoms with Crippen molar-refractivity contribution in [2.24, 2.45) is 5.10 Å². The van der Waals surface area contributed by atoms with Crippen molar-refractivity contribution in [2.75, 3.05) is 0 Å². The molecule has 2 aromatic heterocycles. The van der Waals surface area contributed by atoms with Crippen LogP contribution in [0.4, 0.5) is 0 Å². The van der Waals surface area contributed by atoms with E-state index in [1.807, 2.05) is 54.6 Å². The lowest BCUT2D eigenvalue weighted by molar-refractivity contribution is 0.0955. The number of carbonyl (C=O) groups is 1. The second-order valence-corrected chi connectivity index (χ2v) is 10.7. The molecule has 7 aromatic rings. The predicted octanol–water partition coefficient (Wildman–Crippen LogP) is 8.37. The van der Waals surface area contributed by atoms with Crippen LogP contribution < -0.4 is 5.43 Å². The number of para-hydroxylation sites is 1. The number of amides is 1. The van der Waals surface area contributed by atoms with Gasteiger partial charge in [-0.25, -0.2) is 5.43 Å². The fourth-order valence-corrected chi connectivity index (χ4v) is 5.75. The third-order valence-electron chi connectivity index (χ3n) is 7.89. The van der Waals surface area contributed by atoms with Crippen molar-refractivity contribution in [3.8, 4) is 16.9 Å². The van der Waals surface area contributed by atoms with E-state index in [0.717, 1.165) is 45.6 Å². The van der Waals surface area contributed by atoms with Gasteiger partial charge in [0.15, 0.2) is 0 Å². The summed E-state index contributed by atoms with van der Waals surface area (Å²) in [7, 11) is 0. The van der Waals surface area contributed by atoms with E-state index in [9.17, 15) is 4.79 Å². The molecule has 2 heterocycles. The van der Waals surface area contributed by atoms with Crippen molar-refractivity contribution in [3.05, 3.63) is 162 Å². The van der Waals surface area contributed by atoms with Gasteiger partial charge in [-0.1, -0.05) is 84.9 Å². The smallest absolute Gasteiger partial charge is 0.271 e. The van der Waals surface area contributed by atoms with Crippen LogP contribution in [0.2, 0.25) is 0 Å². The highest BCUT2D eigenvalue weighted by atomic mass is 16.2. The largest absolute Gasteiger partial charge is 0.342 e. The summed E-state index contributed by atoms with van der Waals surface area (Å²) >= 11 is 0. The van der Waals surface area contributed by atoms with Crippen LogP contribution in [-0.4, -0.2) is 21.3 Å². The van der Waals surface area contributed by atoms with Crippen molar-refractivity contribution in [2.45, 2.75) is 13.5 Å². The van der Waals surface area contributed by atoms with Crippen molar-refractivity contribution in [1.29, 1.82) is 0 Å². The summed E-state index contributed by atoms with van der Waals surface area (Å²) in [5.74, 6) is -0.254. The van der Waals surface area contributed by atoms with E-state index in [1.54, 1.807) is 6.21 Å². The summed E-state index contributed by atoms with van der Waals surface area (Å²) in [6.45, 7) is 2.82. The average molecular weight is 559 g/mol. The van der Waals surface area contributed by atoms with Gasteiger partial charge in [0.2, 0.25) is 0 Å². The number of nitrogens with one attached hydrogen (secondary N) is 1. The van der Waals surface area contributed by atoms with Gasteiger partial charge in [0.25, 0.3) is 5.91 Å². The van der Waals surface area contributed by atoms with E-state index in [4.69, 9.17) is 0 Å². The highest BCUT2D eigenvalue weighted by Crippen LogP contribution is 2.27. The number of benzene rings is 5. The molecule has 0 saturated carbocycles. The lowest BCUT2D eigenvalue weighted by Gasteiger charge is -2.12. The second kappa shape index (κ2) is 11.3. The van der Waals surface area contributed by atoms with Crippen LogP contribution in [0.5, 0.6) is 0 Å². The minimum Gasteiger partial charge on any atom is -0.342 e. The SMILES string of the molecule is Cc1ccc(-c2ccccc2)n1-c1ccc(C(=O)N/N=C/c2cn(Cc3ccc4ccccc4c3)c3ccccc23)cc1. The maximum atomic E-state index is 13.0. The highest BCUT2D eigenvalue weighted by molar-refractivity contribution is 6.00. The number of hydrazone groups is 1. The second-order valence-electron chi connectivity index (χ2n) is 10.7. The summed E-state index contributed by atoms with van der Waals surface area (Å²) in [6.07, 6.45) is 3.81. The van der Waals surface area contributed by atoms with E-state index < -0.39 is 0 Å². The number of aromatic nitrogens is 2. The third kappa shape index (κ3) is 5.24. The number of rotatable bonds is 7. The van der Waals surface area contributed by atoms with Gasteiger partial charge in [0.1, 0.15) is 0 Å². The van der Waals surface area contributed by atoms with Gasteiger partial charge in [0.05, 0.1) is 11.9 Å². The first-order valence-corrected chi connectivity index (χ1v) is 14.4. The predicted molar refractivity (Wildman–Crippen MR) is 176 cm³/mol. The van der Waals surface area contributed by atoms with Crippen LogP contribution in [0, 0.1) is 6.92 Å². The lowest BCUT2D eigenvalue weighted by Crippen LogP contribution is -2.17. The minimum atomic E-state index is -0.254. The minimum absolute atomic E-state index is 0.254. The molecule has 0 aliphatic carbocycles. The van der Waals surface area contributed by atoms with Gasteiger partial charge in [-0.2, -0.15) is 5.10 Å². The summed E-state index contributed by atoms with van der Waals surface area (Å²) in [5, 5.41) is 7.88. The van der Waals surface area contributed by atoms with Gasteiger partial charge < -0.3 is 9.13 Å². The van der Waals surface area contributed by atoms with Crippen molar-refractivity contribution in [1.82, 2.24) is 14.6 Å². The van der Waals surface area contributed by atoms with Gasteiger partial charge in [-0.3, -0.25) is 4.79 Å². The fraction of sp³-hybridized carbons (Fsp3) is 0.0526. The maximum absolute atomic E-state index is 13.0. The van der Waals surface area contributed by atoms with Crippen molar-refractivity contribution in [3.63, 3.8) is 0 Å². The quantitative estimate of drug-likeness (QED) is 0.155. The third-order valence-corrected chi connectivity index (χ3v) is 7.89. The highest BCUT2D eigenvalue weighted by Gasteiger charge is 2.12. The molecule has 0 bridgehead atoms. The Bertz CT molecular complexity index is 2100. The Labute approximate surface area is 250 Å². The van der Waals surface area contributed by atoms with Crippen LogP contribution in [0.3, 0.4) is 0 Å². The molecule has 0 atom stereocenters. The van der Waals surface area contributed by atoms with Crippen molar-refractivity contribution >= 4 is 33.8 Å². The van der Waals surface area contributed by atoms with E-state index in [2.05, 4.69) is 112 Å². The molecule has 5 nitrogen and oxygen atoms in total. The molecule has 5 heteroatoms. The zero-order valence-corrected chi connectivity index (χ0v) is 23.8. The van der Waals surface area contributed by atoms with E-state index in [0.29, 0.717) is 5.56 Å². The summed E-state index contributed by atoms with van der Waals surface area (Å²) < 4.78 is 4.43. The number of aryl methyl sites for hydroxylation is 1. The molecule has 0 saturated heterocycles. The van der Waals surface area contributed by atoms with Crippen molar-refractivity contribution < 1.29 is 4.79 Å². The van der Waals surface area contributed by atoms with E-state index >= 15 is 0 Å². The molecule has 1 N–H and O–H groups in total. The normalized spacial score (nSPS) is 11.5. The van der Waals surface area contributed by atoms with Gasteiger partial charge in [-0.05, 0) is 77.4 Å². The number of fused-ring (bicyclic) bond motifs is 2. The van der Waals surface area contributed by atoms with Crippen LogP contribution in [0.25, 0.3) is 38.6 Å². The molecule has 7 rings (SSSR count). The number of carbonyl (C=O) groups excluding carboxylic acids is 1. The first-order valence-electron chi connectivity index (χ1n) is 14.4. The van der Waals surface area contributed by atoms with Crippen LogP contribution in [0.1, 0.15) is 27.2 Å². The molecule has 5 aromatic carbocycles. The molecular weight excluding hydrogens is 528 g/mol. The van der Waals surface area contributed by atoms with E-state index in [-0.39, 0.29) is 5.91 Å². The fourth-order valence-electron chi connectivity index (χ4n) is 5.75. The van der Waals surface area contributed by atoms with Crippen LogP contribution in [-0.2, 0) is 6.54 Å². The molecular formula is C38H30N4O. The first-order chi connectivity index (χ1) is 21.1. The topological polar surface area (TPSA) is 51.3 Å². The molecule has 0 spiro atoms. The summed E-state index contributed by atoms with van der Waals surface area (Å²) in [5.41, 5.74) is 10.9. The van der Waals surface area contributed by atoms with E-state index in [1.165, 1.54) is 16.3 Å². The van der Waals surface area contributed by atoms with Gasteiger partial charge in [-0.15, -0.1) is 0 Å². The molecule has 0 unspecified atom stereocenters. The Morgan fingerprint density at radius 2 is 1.51 bits per heavy atom. The molecule has 0 aliphatic rings. The Kier molecular flexibility index (Phi) is 6.89. The van der Waals surface area contributed by atoms with Gasteiger partial charge >= 0.3 is 0 Å². The Morgan fingerprint density at radius 3 is 2.35 bits per heavy atom. The summed E-state index contributed by atoms with van der Waals surface area (Å²) in [4.78, 5) is 13.0. The lowest BCUT2D eigenvalue weighted by atomic mass is 10.1. The van der Waals surface area contributed by atoms with Gasteiger partial charge in [0, 0.05) is 46.2 Å². The average Bonchev–Trinajstić information content (AvgIpc) is 3.61. The molecule has 1 amide bonds. The van der Waals surface area contributed by atoms with Crippen LogP contribution in [0.15, 0.2) is 145 Å². The van der Waals surface area contributed by atoms with Crippen LogP contribution >= 0.6 is 0 Å². The molecule has 208 valence electrons. The Hall–Kier alpha value is -5.68. The number of hydrogen-bond acceptors (Lipinski definition) is 2. The zero-order valence-electron chi connectivity index (χ0n) is 23.8. The molecule has 43 heavy (non-hydrogen) atoms.